The number of halogens is 4. The van der Waals surface area contributed by atoms with Gasteiger partial charge in [-0.25, -0.2) is 4.79 Å². The number of aryl methyl sites for hydroxylation is 1. The Morgan fingerprint density at radius 3 is 2.40 bits per heavy atom. The van der Waals surface area contributed by atoms with Gasteiger partial charge >= 0.3 is 12.2 Å². The Kier molecular flexibility index (Phi) is 7.36. The zero-order valence-corrected chi connectivity index (χ0v) is 20.1. The summed E-state index contributed by atoms with van der Waals surface area (Å²) < 4.78 is 41.7. The first-order valence-electron chi connectivity index (χ1n) is 11.6. The van der Waals surface area contributed by atoms with Gasteiger partial charge in [0.1, 0.15) is 5.54 Å². The van der Waals surface area contributed by atoms with E-state index in [0.717, 1.165) is 37.3 Å². The average molecular weight is 502 g/mol. The van der Waals surface area contributed by atoms with Crippen molar-refractivity contribution in [2.45, 2.75) is 56.8 Å². The largest absolute Gasteiger partial charge is 0.416 e. The summed E-state index contributed by atoms with van der Waals surface area (Å²) in [6.45, 7) is 1.42. The maximum Gasteiger partial charge on any atom is 0.416 e. The molecule has 4 nitrogen and oxygen atoms in total. The number of nitrogens with one attached hydrogen (secondary N) is 2. The molecular weight excluding hydrogens is 475 g/mol. The number of urea groups is 1. The molecule has 2 aromatic carbocycles. The lowest BCUT2D eigenvalue weighted by atomic mass is 9.79. The van der Waals surface area contributed by atoms with Crippen molar-refractivity contribution in [3.05, 3.63) is 99.8 Å². The van der Waals surface area contributed by atoms with Crippen LogP contribution in [0.4, 0.5) is 18.0 Å². The molecule has 1 heterocycles. The van der Waals surface area contributed by atoms with Crippen molar-refractivity contribution in [3.8, 4) is 0 Å². The summed E-state index contributed by atoms with van der Waals surface area (Å²) in [5.41, 5.74) is -0.504. The highest BCUT2D eigenvalue weighted by Gasteiger charge is 2.41. The normalized spacial score (nSPS) is 16.0. The summed E-state index contributed by atoms with van der Waals surface area (Å²) >= 11 is 6.08. The summed E-state index contributed by atoms with van der Waals surface area (Å²) in [4.78, 5) is 17.7. The van der Waals surface area contributed by atoms with Crippen LogP contribution >= 0.6 is 11.6 Å². The van der Waals surface area contributed by atoms with Crippen LogP contribution in [0.3, 0.4) is 0 Å². The maximum atomic E-state index is 13.9. The summed E-state index contributed by atoms with van der Waals surface area (Å²) in [6, 6.07) is 16.3. The maximum absolute atomic E-state index is 13.9. The zero-order chi connectivity index (χ0) is 25.1. The van der Waals surface area contributed by atoms with E-state index in [-0.39, 0.29) is 23.6 Å². The van der Waals surface area contributed by atoms with E-state index in [2.05, 4.69) is 15.6 Å². The van der Waals surface area contributed by atoms with E-state index in [0.29, 0.717) is 10.7 Å². The molecule has 1 aromatic heterocycles. The van der Waals surface area contributed by atoms with E-state index in [1.165, 1.54) is 19.2 Å². The number of hydrogen-bond donors (Lipinski definition) is 2. The Labute approximate surface area is 207 Å². The lowest BCUT2D eigenvalue weighted by Gasteiger charge is -2.36. The van der Waals surface area contributed by atoms with Gasteiger partial charge in [0.25, 0.3) is 0 Å². The number of benzene rings is 2. The molecule has 0 aliphatic heterocycles. The van der Waals surface area contributed by atoms with Crippen LogP contribution in [0.1, 0.15) is 53.6 Å². The molecule has 0 bridgehead atoms. The Morgan fingerprint density at radius 2 is 1.77 bits per heavy atom. The number of hydrogen-bond acceptors (Lipinski definition) is 2. The van der Waals surface area contributed by atoms with Crippen molar-refractivity contribution in [1.82, 2.24) is 15.6 Å². The highest BCUT2D eigenvalue weighted by atomic mass is 35.5. The van der Waals surface area contributed by atoms with Crippen molar-refractivity contribution >= 4 is 17.6 Å². The molecular formula is C27H27ClF3N3O. The van der Waals surface area contributed by atoms with Gasteiger partial charge in [0.15, 0.2) is 0 Å². The molecule has 35 heavy (non-hydrogen) atoms. The van der Waals surface area contributed by atoms with E-state index >= 15 is 0 Å². The standard InChI is InChI=1S/C27H27ClF3N3O/c1-18-11-12-20(15-23(18)27(29,30)31)26(16-19-7-3-2-4-8-19,24-14-13-21(28)17-32-24)34-25(35)33-22-9-5-6-10-22/h2-4,7-8,11-15,17,22H,5-6,9-10,16H2,1H3,(H2,33,34,35). The molecule has 1 fully saturated rings. The molecule has 184 valence electrons. The van der Waals surface area contributed by atoms with Gasteiger partial charge in [-0.15, -0.1) is 0 Å². The van der Waals surface area contributed by atoms with Crippen LogP contribution in [0.5, 0.6) is 0 Å². The quantitative estimate of drug-likeness (QED) is 0.390. The van der Waals surface area contributed by atoms with Gasteiger partial charge in [0.05, 0.1) is 16.3 Å². The Hall–Kier alpha value is -3.06. The second kappa shape index (κ2) is 10.3. The number of carbonyl (C=O) groups is 1. The number of nitrogens with zero attached hydrogens (tertiary/aromatic N) is 1. The van der Waals surface area contributed by atoms with Gasteiger partial charge in [-0.05, 0) is 54.7 Å². The van der Waals surface area contributed by atoms with Crippen LogP contribution in [0, 0.1) is 6.92 Å². The molecule has 1 atom stereocenters. The van der Waals surface area contributed by atoms with E-state index in [1.54, 1.807) is 18.2 Å². The molecule has 8 heteroatoms. The van der Waals surface area contributed by atoms with Crippen LogP contribution in [0.25, 0.3) is 0 Å². The van der Waals surface area contributed by atoms with E-state index < -0.39 is 23.3 Å². The minimum absolute atomic E-state index is 0.0337. The minimum atomic E-state index is -4.54. The Balaban J connectivity index is 1.88. The highest BCUT2D eigenvalue weighted by Crippen LogP contribution is 2.38. The number of rotatable bonds is 6. The zero-order valence-electron chi connectivity index (χ0n) is 19.3. The topological polar surface area (TPSA) is 54.0 Å². The minimum Gasteiger partial charge on any atom is -0.335 e. The second-order valence-corrected chi connectivity index (χ2v) is 9.47. The van der Waals surface area contributed by atoms with Gasteiger partial charge in [-0.3, -0.25) is 4.98 Å². The Bertz CT molecular complexity index is 1160. The van der Waals surface area contributed by atoms with Gasteiger partial charge in [0.2, 0.25) is 0 Å². The molecule has 2 amide bonds. The molecule has 0 saturated heterocycles. The summed E-state index contributed by atoms with van der Waals surface area (Å²) in [7, 11) is 0. The highest BCUT2D eigenvalue weighted by molar-refractivity contribution is 6.30. The van der Waals surface area contributed by atoms with Crippen LogP contribution < -0.4 is 10.6 Å². The van der Waals surface area contributed by atoms with Crippen molar-refractivity contribution in [3.63, 3.8) is 0 Å². The van der Waals surface area contributed by atoms with Gasteiger partial charge < -0.3 is 10.6 Å². The van der Waals surface area contributed by atoms with Gasteiger partial charge in [-0.2, -0.15) is 13.2 Å². The van der Waals surface area contributed by atoms with Crippen molar-refractivity contribution in [2.24, 2.45) is 0 Å². The molecule has 0 spiro atoms. The third-order valence-electron chi connectivity index (χ3n) is 6.53. The number of carbonyl (C=O) groups excluding carboxylic acids is 1. The third-order valence-corrected chi connectivity index (χ3v) is 6.75. The molecule has 2 N–H and O–H groups in total. The van der Waals surface area contributed by atoms with Gasteiger partial charge in [0, 0.05) is 18.7 Å². The van der Waals surface area contributed by atoms with Crippen LogP contribution in [-0.2, 0) is 18.1 Å². The molecule has 1 aliphatic rings. The van der Waals surface area contributed by atoms with Crippen LogP contribution in [0.15, 0.2) is 66.9 Å². The lowest BCUT2D eigenvalue weighted by Crippen LogP contribution is -2.54. The fourth-order valence-electron chi connectivity index (χ4n) is 4.73. The SMILES string of the molecule is Cc1ccc(C(Cc2ccccc2)(NC(=O)NC2CCCC2)c2ccc(Cl)cn2)cc1C(F)(F)F. The third kappa shape index (κ3) is 5.78. The number of pyridine rings is 1. The molecule has 0 radical (unpaired) electrons. The van der Waals surface area contributed by atoms with Crippen LogP contribution in [0.2, 0.25) is 5.02 Å². The number of alkyl halides is 3. The number of aromatic nitrogens is 1. The lowest BCUT2D eigenvalue weighted by molar-refractivity contribution is -0.138. The monoisotopic (exact) mass is 501 g/mol. The Morgan fingerprint density at radius 1 is 1.06 bits per heavy atom. The smallest absolute Gasteiger partial charge is 0.335 e. The van der Waals surface area contributed by atoms with Crippen LogP contribution in [-0.4, -0.2) is 17.1 Å². The average Bonchev–Trinajstić information content (AvgIpc) is 3.32. The van der Waals surface area contributed by atoms with E-state index in [9.17, 15) is 18.0 Å². The molecule has 1 aliphatic carbocycles. The molecule has 1 unspecified atom stereocenters. The molecule has 1 saturated carbocycles. The predicted octanol–water partition coefficient (Wildman–Crippen LogP) is 6.79. The predicted molar refractivity (Wildman–Crippen MR) is 130 cm³/mol. The summed E-state index contributed by atoms with van der Waals surface area (Å²) in [5.74, 6) is 0. The summed E-state index contributed by atoms with van der Waals surface area (Å²) in [5, 5.41) is 6.42. The summed E-state index contributed by atoms with van der Waals surface area (Å²) in [6.07, 6.45) is 0.907. The first-order chi connectivity index (χ1) is 16.7. The number of amides is 2. The fraction of sp³-hybridized carbons (Fsp3) is 0.333. The van der Waals surface area contributed by atoms with Crippen molar-refractivity contribution < 1.29 is 18.0 Å². The van der Waals surface area contributed by atoms with Crippen molar-refractivity contribution in [2.75, 3.05) is 0 Å². The molecule has 3 aromatic rings. The van der Waals surface area contributed by atoms with E-state index in [1.807, 2.05) is 30.3 Å². The van der Waals surface area contributed by atoms with Crippen molar-refractivity contribution in [1.29, 1.82) is 0 Å². The van der Waals surface area contributed by atoms with Gasteiger partial charge in [-0.1, -0.05) is 66.9 Å². The second-order valence-electron chi connectivity index (χ2n) is 9.04. The first kappa shape index (κ1) is 25.0. The van der Waals surface area contributed by atoms with E-state index in [4.69, 9.17) is 11.6 Å². The fourth-order valence-corrected chi connectivity index (χ4v) is 4.84. The first-order valence-corrected chi connectivity index (χ1v) is 12.0. The molecule has 4 rings (SSSR count).